The van der Waals surface area contributed by atoms with Gasteiger partial charge in [-0.15, -0.1) is 0 Å². The first-order chi connectivity index (χ1) is 7.26. The molecule has 0 aromatic heterocycles. The van der Waals surface area contributed by atoms with Crippen molar-refractivity contribution in [2.45, 2.75) is 46.8 Å². The van der Waals surface area contributed by atoms with Crippen LogP contribution in [0.2, 0.25) is 0 Å². The van der Waals surface area contributed by atoms with Crippen LogP contribution in [0.1, 0.15) is 40.5 Å². The van der Waals surface area contributed by atoms with Gasteiger partial charge in [0.15, 0.2) is 6.29 Å². The van der Waals surface area contributed by atoms with E-state index < -0.39 is 6.29 Å². The number of aliphatic hydroxyl groups is 1. The van der Waals surface area contributed by atoms with Gasteiger partial charge in [0, 0.05) is 12.5 Å². The van der Waals surface area contributed by atoms with Crippen molar-refractivity contribution in [1.29, 1.82) is 0 Å². The van der Waals surface area contributed by atoms with E-state index in [1.165, 1.54) is 0 Å². The van der Waals surface area contributed by atoms with E-state index in [0.717, 1.165) is 19.4 Å². The maximum Gasteiger partial charge on any atom is 0.157 e. The molecule has 16 heavy (non-hydrogen) atoms. The third-order valence-electron chi connectivity index (χ3n) is 2.63. The van der Waals surface area contributed by atoms with Crippen LogP contribution in [0, 0.1) is 11.3 Å². The quantitative estimate of drug-likeness (QED) is 0.683. The second-order valence-corrected chi connectivity index (χ2v) is 6.00. The average molecular weight is 231 g/mol. The average Bonchev–Trinajstić information content (AvgIpc) is 2.11. The first kappa shape index (κ1) is 15.9. The molecule has 0 amide bonds. The molecule has 1 N–H and O–H groups in total. The predicted octanol–water partition coefficient (Wildman–Crippen LogP) is 2.35. The molecule has 0 aliphatic carbocycles. The molecule has 0 saturated heterocycles. The van der Waals surface area contributed by atoms with Crippen molar-refractivity contribution in [3.63, 3.8) is 0 Å². The van der Waals surface area contributed by atoms with Gasteiger partial charge in [0.25, 0.3) is 0 Å². The molecule has 0 aliphatic heterocycles. The molecule has 2 unspecified atom stereocenters. The maximum atomic E-state index is 9.94. The third kappa shape index (κ3) is 8.08. The zero-order chi connectivity index (χ0) is 12.8. The highest BCUT2D eigenvalue weighted by Gasteiger charge is 2.24. The lowest BCUT2D eigenvalue weighted by atomic mass is 9.83. The summed E-state index contributed by atoms with van der Waals surface area (Å²) in [5, 5.41) is 9.94. The Morgan fingerprint density at radius 2 is 1.81 bits per heavy atom. The molecule has 0 aliphatic rings. The van der Waals surface area contributed by atoms with Crippen LogP contribution in [0.4, 0.5) is 0 Å². The van der Waals surface area contributed by atoms with Gasteiger partial charge < -0.3 is 14.7 Å². The minimum atomic E-state index is -0.621. The highest BCUT2D eigenvalue weighted by Crippen LogP contribution is 2.28. The lowest BCUT2D eigenvalue weighted by Crippen LogP contribution is -2.30. The van der Waals surface area contributed by atoms with Crippen molar-refractivity contribution in [2.75, 3.05) is 27.2 Å². The summed E-state index contributed by atoms with van der Waals surface area (Å²) >= 11 is 0. The van der Waals surface area contributed by atoms with Crippen molar-refractivity contribution >= 4 is 0 Å². The molecular weight excluding hydrogens is 202 g/mol. The number of aliphatic hydroxyl groups excluding tert-OH is 1. The monoisotopic (exact) mass is 231 g/mol. The first-order valence-electron chi connectivity index (χ1n) is 6.20. The van der Waals surface area contributed by atoms with E-state index in [0.29, 0.717) is 6.61 Å². The maximum absolute atomic E-state index is 9.94. The molecule has 0 bridgehead atoms. The molecular formula is C13H29NO2. The molecule has 3 heteroatoms. The zero-order valence-electron chi connectivity index (χ0n) is 11.8. The number of likely N-dealkylation sites (N-methyl/N-ethyl adjacent to an activating group) is 1. The normalized spacial score (nSPS) is 16.5. The predicted molar refractivity (Wildman–Crippen MR) is 68.4 cm³/mol. The fourth-order valence-corrected chi connectivity index (χ4v) is 1.73. The van der Waals surface area contributed by atoms with Gasteiger partial charge in [0.2, 0.25) is 0 Å². The van der Waals surface area contributed by atoms with Crippen molar-refractivity contribution in [3.8, 4) is 0 Å². The summed E-state index contributed by atoms with van der Waals surface area (Å²) in [5.41, 5.74) is 0.243. The zero-order valence-corrected chi connectivity index (χ0v) is 11.8. The van der Waals surface area contributed by atoms with Crippen LogP contribution in [0.15, 0.2) is 0 Å². The summed E-state index contributed by atoms with van der Waals surface area (Å²) in [4.78, 5) is 2.05. The van der Waals surface area contributed by atoms with E-state index in [9.17, 15) is 5.11 Å². The van der Waals surface area contributed by atoms with Gasteiger partial charge in [0.05, 0.1) is 6.61 Å². The first-order valence-corrected chi connectivity index (χ1v) is 6.20. The molecule has 0 heterocycles. The van der Waals surface area contributed by atoms with Crippen LogP contribution < -0.4 is 0 Å². The summed E-state index contributed by atoms with van der Waals surface area (Å²) in [6.07, 6.45) is 1.33. The van der Waals surface area contributed by atoms with Gasteiger partial charge in [-0.1, -0.05) is 27.7 Å². The lowest BCUT2D eigenvalue weighted by Gasteiger charge is -2.29. The summed E-state index contributed by atoms with van der Waals surface area (Å²) in [6, 6.07) is 0. The van der Waals surface area contributed by atoms with Gasteiger partial charge in [-0.3, -0.25) is 0 Å². The number of nitrogens with zero attached hydrogens (tertiary/aromatic N) is 1. The Labute approximate surface area is 101 Å². The van der Waals surface area contributed by atoms with Crippen LogP contribution >= 0.6 is 0 Å². The smallest absolute Gasteiger partial charge is 0.157 e. The number of ether oxygens (including phenoxy) is 1. The van der Waals surface area contributed by atoms with Gasteiger partial charge in [0.1, 0.15) is 0 Å². The number of hydrogen-bond donors (Lipinski definition) is 1. The van der Waals surface area contributed by atoms with Crippen molar-refractivity contribution in [3.05, 3.63) is 0 Å². The van der Waals surface area contributed by atoms with E-state index in [4.69, 9.17) is 4.74 Å². The second kappa shape index (κ2) is 7.25. The Kier molecular flexibility index (Phi) is 7.20. The number of rotatable bonds is 7. The molecule has 0 radical (unpaired) electrons. The Bertz CT molecular complexity index is 175. The molecule has 2 atom stereocenters. The molecule has 0 aromatic rings. The minimum Gasteiger partial charge on any atom is -0.368 e. The molecule has 3 nitrogen and oxygen atoms in total. The third-order valence-corrected chi connectivity index (χ3v) is 2.63. The fourth-order valence-electron chi connectivity index (χ4n) is 1.73. The summed E-state index contributed by atoms with van der Waals surface area (Å²) in [5.74, 6) is 0.238. The van der Waals surface area contributed by atoms with Crippen LogP contribution in [0.5, 0.6) is 0 Å². The Hall–Kier alpha value is -0.120. The Morgan fingerprint density at radius 3 is 2.19 bits per heavy atom. The molecule has 0 aromatic carbocycles. The van der Waals surface area contributed by atoms with Gasteiger partial charge >= 0.3 is 0 Å². The fraction of sp³-hybridized carbons (Fsp3) is 1.00. The van der Waals surface area contributed by atoms with Crippen LogP contribution in [0.3, 0.4) is 0 Å². The molecule has 0 spiro atoms. The van der Waals surface area contributed by atoms with E-state index in [1.54, 1.807) is 0 Å². The van der Waals surface area contributed by atoms with E-state index in [1.807, 2.05) is 14.1 Å². The summed E-state index contributed by atoms with van der Waals surface area (Å²) in [6.45, 7) is 10.1. The topological polar surface area (TPSA) is 32.7 Å². The Balaban J connectivity index is 3.96. The highest BCUT2D eigenvalue weighted by atomic mass is 16.6. The SMILES string of the molecule is CCC(CC(C)(C)C)C(O)OCCN(C)C. The van der Waals surface area contributed by atoms with Gasteiger partial charge in [-0.25, -0.2) is 0 Å². The summed E-state index contributed by atoms with van der Waals surface area (Å²) in [7, 11) is 4.00. The Morgan fingerprint density at radius 1 is 1.25 bits per heavy atom. The molecule has 98 valence electrons. The summed E-state index contributed by atoms with van der Waals surface area (Å²) < 4.78 is 5.47. The standard InChI is InChI=1S/C13H29NO2/c1-7-11(10-13(2,3)4)12(15)16-9-8-14(5)6/h11-12,15H,7-10H2,1-6H3. The van der Waals surface area contributed by atoms with Crippen LogP contribution in [-0.4, -0.2) is 43.5 Å². The molecule has 0 rings (SSSR count). The van der Waals surface area contributed by atoms with Crippen molar-refractivity contribution in [2.24, 2.45) is 11.3 Å². The lowest BCUT2D eigenvalue weighted by molar-refractivity contribution is -0.143. The number of hydrogen-bond acceptors (Lipinski definition) is 3. The molecule has 0 fully saturated rings. The van der Waals surface area contributed by atoms with Gasteiger partial charge in [-0.2, -0.15) is 0 Å². The van der Waals surface area contributed by atoms with E-state index >= 15 is 0 Å². The minimum absolute atomic E-state index is 0.238. The highest BCUT2D eigenvalue weighted by molar-refractivity contribution is 4.70. The molecule has 0 saturated carbocycles. The van der Waals surface area contributed by atoms with Gasteiger partial charge in [-0.05, 0) is 32.4 Å². The van der Waals surface area contributed by atoms with E-state index in [2.05, 4.69) is 32.6 Å². The van der Waals surface area contributed by atoms with Crippen molar-refractivity contribution < 1.29 is 9.84 Å². The van der Waals surface area contributed by atoms with Crippen molar-refractivity contribution in [1.82, 2.24) is 4.90 Å². The largest absolute Gasteiger partial charge is 0.368 e. The van der Waals surface area contributed by atoms with Crippen LogP contribution in [-0.2, 0) is 4.74 Å². The second-order valence-electron chi connectivity index (χ2n) is 6.00. The van der Waals surface area contributed by atoms with E-state index in [-0.39, 0.29) is 11.3 Å². The van der Waals surface area contributed by atoms with Crippen LogP contribution in [0.25, 0.3) is 0 Å².